The molecule has 0 saturated heterocycles. The molecule has 0 fully saturated rings. The van der Waals surface area contributed by atoms with Crippen molar-refractivity contribution in [3.05, 3.63) is 39.4 Å². The van der Waals surface area contributed by atoms with E-state index < -0.39 is 0 Å². The molecule has 0 aliphatic rings. The number of rotatable bonds is 4. The second-order valence-corrected chi connectivity index (χ2v) is 4.57. The van der Waals surface area contributed by atoms with E-state index in [1.807, 2.05) is 5.38 Å². The van der Waals surface area contributed by atoms with Gasteiger partial charge < -0.3 is 10.6 Å². The number of nitrogens with one attached hydrogen (secondary N) is 2. The second kappa shape index (κ2) is 5.79. The van der Waals surface area contributed by atoms with E-state index in [0.717, 1.165) is 5.69 Å². The maximum atomic E-state index is 11.9. The maximum Gasteiger partial charge on any atom is 0.271 e. The van der Waals surface area contributed by atoms with Crippen LogP contribution < -0.4 is 10.6 Å². The third-order valence-corrected chi connectivity index (χ3v) is 3.17. The molecule has 0 saturated carbocycles. The molecule has 2 aromatic rings. The molecule has 0 aliphatic carbocycles. The van der Waals surface area contributed by atoms with Gasteiger partial charge in [-0.2, -0.15) is 0 Å². The highest BCUT2D eigenvalue weighted by Gasteiger charge is 2.12. The summed E-state index contributed by atoms with van der Waals surface area (Å²) in [5, 5.41) is 7.78. The molecule has 0 atom stereocenters. The van der Waals surface area contributed by atoms with Crippen molar-refractivity contribution in [1.29, 1.82) is 0 Å². The SMILES string of the molecule is CNc1ccc(Cl)c(C(=O)NCc2cscn2)n1. The number of halogens is 1. The predicted octanol–water partition coefficient (Wildman–Crippen LogP) is 2.16. The number of hydrogen-bond donors (Lipinski definition) is 2. The molecular weight excluding hydrogens is 272 g/mol. The van der Waals surface area contributed by atoms with Crippen molar-refractivity contribution in [1.82, 2.24) is 15.3 Å². The van der Waals surface area contributed by atoms with Gasteiger partial charge in [0.25, 0.3) is 5.91 Å². The van der Waals surface area contributed by atoms with Crippen LogP contribution in [0.3, 0.4) is 0 Å². The Balaban J connectivity index is 2.08. The van der Waals surface area contributed by atoms with Gasteiger partial charge in [0.2, 0.25) is 0 Å². The Morgan fingerprint density at radius 1 is 1.50 bits per heavy atom. The number of carbonyl (C=O) groups excluding carboxylic acids is 1. The summed E-state index contributed by atoms with van der Waals surface area (Å²) in [6, 6.07) is 3.34. The van der Waals surface area contributed by atoms with Gasteiger partial charge in [0.1, 0.15) is 11.5 Å². The van der Waals surface area contributed by atoms with Crippen LogP contribution in [0.15, 0.2) is 23.0 Å². The number of anilines is 1. The van der Waals surface area contributed by atoms with Crippen LogP contribution in [0.1, 0.15) is 16.2 Å². The van der Waals surface area contributed by atoms with Gasteiger partial charge in [0.05, 0.1) is 22.8 Å². The van der Waals surface area contributed by atoms with Gasteiger partial charge >= 0.3 is 0 Å². The first-order chi connectivity index (χ1) is 8.70. The summed E-state index contributed by atoms with van der Waals surface area (Å²) < 4.78 is 0. The summed E-state index contributed by atoms with van der Waals surface area (Å²) in [6.07, 6.45) is 0. The zero-order valence-electron chi connectivity index (χ0n) is 9.61. The lowest BCUT2D eigenvalue weighted by Gasteiger charge is -2.06. The van der Waals surface area contributed by atoms with Gasteiger partial charge in [-0.1, -0.05) is 11.6 Å². The smallest absolute Gasteiger partial charge is 0.271 e. The molecule has 2 N–H and O–H groups in total. The molecule has 2 rings (SSSR count). The molecule has 18 heavy (non-hydrogen) atoms. The second-order valence-electron chi connectivity index (χ2n) is 3.44. The highest BCUT2D eigenvalue weighted by Crippen LogP contribution is 2.16. The van der Waals surface area contributed by atoms with Crippen molar-refractivity contribution in [3.8, 4) is 0 Å². The Hall–Kier alpha value is -1.66. The fourth-order valence-corrected chi connectivity index (χ4v) is 2.07. The minimum atomic E-state index is -0.315. The number of thiazole rings is 1. The van der Waals surface area contributed by atoms with Gasteiger partial charge in [-0.3, -0.25) is 4.79 Å². The standard InChI is InChI=1S/C11H11ClN4OS/c1-13-9-3-2-8(12)10(16-9)11(17)14-4-7-5-18-6-15-7/h2-3,5-6H,4H2,1H3,(H,13,16)(H,14,17). The van der Waals surface area contributed by atoms with Gasteiger partial charge in [-0.15, -0.1) is 11.3 Å². The topological polar surface area (TPSA) is 66.9 Å². The minimum Gasteiger partial charge on any atom is -0.373 e. The fourth-order valence-electron chi connectivity index (χ4n) is 1.32. The molecule has 0 aromatic carbocycles. The van der Waals surface area contributed by atoms with Crippen LogP contribution in [-0.2, 0) is 6.54 Å². The minimum absolute atomic E-state index is 0.207. The first-order valence-corrected chi connectivity index (χ1v) is 6.52. The first kappa shape index (κ1) is 12.8. The Bertz CT molecular complexity index is 544. The highest BCUT2D eigenvalue weighted by atomic mass is 35.5. The average molecular weight is 283 g/mol. The molecule has 0 radical (unpaired) electrons. The third-order valence-electron chi connectivity index (χ3n) is 2.23. The van der Waals surface area contributed by atoms with Gasteiger partial charge in [-0.05, 0) is 12.1 Å². The van der Waals surface area contributed by atoms with Crippen molar-refractivity contribution < 1.29 is 4.79 Å². The van der Waals surface area contributed by atoms with Gasteiger partial charge in [0.15, 0.2) is 0 Å². The molecule has 1 amide bonds. The number of carbonyl (C=O) groups is 1. The highest BCUT2D eigenvalue weighted by molar-refractivity contribution is 7.07. The fraction of sp³-hybridized carbons (Fsp3) is 0.182. The summed E-state index contributed by atoms with van der Waals surface area (Å²) >= 11 is 7.43. The lowest BCUT2D eigenvalue weighted by atomic mass is 10.3. The molecule has 0 bridgehead atoms. The predicted molar refractivity (Wildman–Crippen MR) is 72.1 cm³/mol. The maximum absolute atomic E-state index is 11.9. The van der Waals surface area contributed by atoms with E-state index in [1.54, 1.807) is 24.7 Å². The van der Waals surface area contributed by atoms with Crippen molar-refractivity contribution in [3.63, 3.8) is 0 Å². The van der Waals surface area contributed by atoms with Gasteiger partial charge in [-0.25, -0.2) is 9.97 Å². The van der Waals surface area contributed by atoms with Gasteiger partial charge in [0, 0.05) is 12.4 Å². The monoisotopic (exact) mass is 282 g/mol. The zero-order chi connectivity index (χ0) is 13.0. The van der Waals surface area contributed by atoms with Crippen LogP contribution in [0.5, 0.6) is 0 Å². The van der Waals surface area contributed by atoms with Crippen molar-refractivity contribution >= 4 is 34.7 Å². The van der Waals surface area contributed by atoms with Crippen molar-refractivity contribution in [2.24, 2.45) is 0 Å². The molecule has 0 unspecified atom stereocenters. The molecule has 2 aromatic heterocycles. The van der Waals surface area contributed by atoms with E-state index in [0.29, 0.717) is 17.4 Å². The molecule has 2 heterocycles. The summed E-state index contributed by atoms with van der Waals surface area (Å²) in [5.41, 5.74) is 2.74. The Kier molecular flexibility index (Phi) is 4.11. The van der Waals surface area contributed by atoms with Crippen molar-refractivity contribution in [2.75, 3.05) is 12.4 Å². The van der Waals surface area contributed by atoms with Crippen molar-refractivity contribution in [2.45, 2.75) is 6.54 Å². The van der Waals surface area contributed by atoms with Crippen LogP contribution in [0.4, 0.5) is 5.82 Å². The third kappa shape index (κ3) is 2.96. The van der Waals surface area contributed by atoms with Crippen LogP contribution in [0.2, 0.25) is 5.02 Å². The van der Waals surface area contributed by atoms with E-state index in [2.05, 4.69) is 20.6 Å². The molecule has 94 valence electrons. The summed E-state index contributed by atoms with van der Waals surface area (Å²) in [5.74, 6) is 0.281. The Morgan fingerprint density at radius 2 is 2.33 bits per heavy atom. The van der Waals surface area contributed by atoms with Crippen LogP contribution >= 0.6 is 22.9 Å². The quantitative estimate of drug-likeness (QED) is 0.902. The molecule has 7 heteroatoms. The van der Waals surface area contributed by atoms with E-state index in [4.69, 9.17) is 11.6 Å². The van der Waals surface area contributed by atoms with E-state index in [-0.39, 0.29) is 11.6 Å². The summed E-state index contributed by atoms with van der Waals surface area (Å²) in [6.45, 7) is 0.365. The number of aromatic nitrogens is 2. The van der Waals surface area contributed by atoms with Crippen LogP contribution in [0.25, 0.3) is 0 Å². The van der Waals surface area contributed by atoms with E-state index in [9.17, 15) is 4.79 Å². The average Bonchev–Trinajstić information content (AvgIpc) is 2.89. The molecular formula is C11H11ClN4OS. The normalized spacial score (nSPS) is 10.1. The van der Waals surface area contributed by atoms with E-state index >= 15 is 0 Å². The number of hydrogen-bond acceptors (Lipinski definition) is 5. The lowest BCUT2D eigenvalue weighted by molar-refractivity contribution is 0.0946. The molecule has 0 aliphatic heterocycles. The first-order valence-electron chi connectivity index (χ1n) is 5.20. The number of amides is 1. The molecule has 0 spiro atoms. The Labute approximate surface area is 113 Å². The zero-order valence-corrected chi connectivity index (χ0v) is 11.2. The summed E-state index contributed by atoms with van der Waals surface area (Å²) in [7, 11) is 1.73. The van der Waals surface area contributed by atoms with Crippen LogP contribution in [-0.4, -0.2) is 22.9 Å². The number of nitrogens with zero attached hydrogens (tertiary/aromatic N) is 2. The largest absolute Gasteiger partial charge is 0.373 e. The number of pyridine rings is 1. The summed E-state index contributed by atoms with van der Waals surface area (Å²) in [4.78, 5) is 20.1. The van der Waals surface area contributed by atoms with Crippen LogP contribution in [0, 0.1) is 0 Å². The van der Waals surface area contributed by atoms with E-state index in [1.165, 1.54) is 11.3 Å². The molecule has 5 nitrogen and oxygen atoms in total. The Morgan fingerprint density at radius 3 is 3.00 bits per heavy atom. The lowest BCUT2D eigenvalue weighted by Crippen LogP contribution is -2.24.